The minimum absolute atomic E-state index is 0.000643. The standard InChI is InChI=1S/C22H26ClFN6/c1-14-17(15-5-9-26-19(24)18(15)23)20-27-10-13-30(20)21(28-14)29-11-7-22(8-12-29)6-3-4-16(22)25-2/h5,9-10,13,16,25H,3-4,6-8,11-12H2,1-2H3/t16-/m1/s1. The van der Waals surface area contributed by atoms with E-state index in [0.29, 0.717) is 17.0 Å². The number of pyridine rings is 1. The van der Waals surface area contributed by atoms with Crippen molar-refractivity contribution in [1.29, 1.82) is 0 Å². The van der Waals surface area contributed by atoms with E-state index in [1.54, 1.807) is 12.3 Å². The van der Waals surface area contributed by atoms with Crippen molar-refractivity contribution in [3.8, 4) is 11.1 Å². The molecule has 1 saturated carbocycles. The molecule has 0 amide bonds. The Morgan fingerprint density at radius 2 is 2.00 bits per heavy atom. The highest BCUT2D eigenvalue weighted by Gasteiger charge is 2.44. The van der Waals surface area contributed by atoms with Crippen LogP contribution in [0.25, 0.3) is 16.8 Å². The molecular formula is C22H26ClFN6. The molecule has 30 heavy (non-hydrogen) atoms. The summed E-state index contributed by atoms with van der Waals surface area (Å²) in [4.78, 5) is 15.5. The van der Waals surface area contributed by atoms with E-state index in [9.17, 15) is 4.39 Å². The summed E-state index contributed by atoms with van der Waals surface area (Å²) in [5.41, 5.74) is 3.24. The number of nitrogens with zero attached hydrogens (tertiary/aromatic N) is 5. The number of nitrogens with one attached hydrogen (secondary N) is 1. The van der Waals surface area contributed by atoms with Gasteiger partial charge >= 0.3 is 0 Å². The number of hydrogen-bond donors (Lipinski definition) is 1. The molecule has 3 aromatic heterocycles. The molecule has 0 unspecified atom stereocenters. The van der Waals surface area contributed by atoms with Crippen LogP contribution < -0.4 is 10.2 Å². The molecule has 3 aromatic rings. The minimum atomic E-state index is -0.681. The monoisotopic (exact) mass is 428 g/mol. The summed E-state index contributed by atoms with van der Waals surface area (Å²) >= 11 is 6.23. The smallest absolute Gasteiger partial charge is 0.232 e. The first-order valence-corrected chi connectivity index (χ1v) is 11.0. The SMILES string of the molecule is CN[C@@H]1CCCC12CCN(c1nc(C)c(-c3ccnc(F)c3Cl)c3nccn13)CC2. The van der Waals surface area contributed by atoms with Crippen molar-refractivity contribution in [2.24, 2.45) is 5.41 Å². The van der Waals surface area contributed by atoms with E-state index in [-0.39, 0.29) is 5.02 Å². The zero-order valence-corrected chi connectivity index (χ0v) is 18.1. The van der Waals surface area contributed by atoms with Crippen molar-refractivity contribution in [2.75, 3.05) is 25.0 Å². The molecule has 0 bridgehead atoms. The average molecular weight is 429 g/mol. The van der Waals surface area contributed by atoms with E-state index in [2.05, 4.69) is 27.2 Å². The maximum atomic E-state index is 14.0. The third-order valence-corrected chi connectivity index (χ3v) is 7.48. The lowest BCUT2D eigenvalue weighted by Gasteiger charge is -2.43. The quantitative estimate of drug-likeness (QED) is 0.632. The molecule has 5 rings (SSSR count). The van der Waals surface area contributed by atoms with Crippen molar-refractivity contribution < 1.29 is 4.39 Å². The molecule has 4 heterocycles. The van der Waals surface area contributed by atoms with Crippen LogP contribution in [0, 0.1) is 18.3 Å². The summed E-state index contributed by atoms with van der Waals surface area (Å²) in [6.45, 7) is 3.88. The second-order valence-corrected chi connectivity index (χ2v) is 8.92. The van der Waals surface area contributed by atoms with Crippen LogP contribution in [-0.2, 0) is 0 Å². The van der Waals surface area contributed by atoms with Gasteiger partial charge in [0.1, 0.15) is 10.7 Å². The van der Waals surface area contributed by atoms with Gasteiger partial charge in [-0.15, -0.1) is 0 Å². The first-order chi connectivity index (χ1) is 14.5. The van der Waals surface area contributed by atoms with Crippen LogP contribution >= 0.6 is 11.6 Å². The third-order valence-electron chi connectivity index (χ3n) is 7.12. The summed E-state index contributed by atoms with van der Waals surface area (Å²) in [5.74, 6) is 0.211. The highest BCUT2D eigenvalue weighted by molar-refractivity contribution is 6.33. The summed E-state index contributed by atoms with van der Waals surface area (Å²) in [7, 11) is 2.09. The molecule has 158 valence electrons. The molecule has 1 N–H and O–H groups in total. The van der Waals surface area contributed by atoms with E-state index in [0.717, 1.165) is 35.9 Å². The molecule has 6 nitrogen and oxygen atoms in total. The van der Waals surface area contributed by atoms with Crippen molar-refractivity contribution in [3.05, 3.63) is 41.3 Å². The van der Waals surface area contributed by atoms with Crippen LogP contribution in [0.5, 0.6) is 0 Å². The summed E-state index contributed by atoms with van der Waals surface area (Å²) in [5, 5.41) is 3.55. The highest BCUT2D eigenvalue weighted by Crippen LogP contribution is 2.47. The van der Waals surface area contributed by atoms with Crippen LogP contribution in [0.4, 0.5) is 10.3 Å². The number of anilines is 1. The molecule has 1 aliphatic carbocycles. The predicted molar refractivity (Wildman–Crippen MR) is 117 cm³/mol. The Balaban J connectivity index is 1.52. The predicted octanol–water partition coefficient (Wildman–Crippen LogP) is 4.25. The summed E-state index contributed by atoms with van der Waals surface area (Å²) in [6.07, 6.45) is 11.3. The van der Waals surface area contributed by atoms with Gasteiger partial charge in [-0.25, -0.2) is 15.0 Å². The number of rotatable bonds is 3. The zero-order chi connectivity index (χ0) is 20.9. The van der Waals surface area contributed by atoms with Crippen LogP contribution in [0.15, 0.2) is 24.7 Å². The number of aryl methyl sites for hydroxylation is 1. The van der Waals surface area contributed by atoms with Crippen molar-refractivity contribution >= 4 is 23.2 Å². The van der Waals surface area contributed by atoms with Crippen LogP contribution in [0.3, 0.4) is 0 Å². The molecule has 1 aliphatic heterocycles. The van der Waals surface area contributed by atoms with E-state index >= 15 is 0 Å². The van der Waals surface area contributed by atoms with Gasteiger partial charge in [0.15, 0.2) is 0 Å². The van der Waals surface area contributed by atoms with E-state index in [4.69, 9.17) is 16.6 Å². The van der Waals surface area contributed by atoms with Gasteiger partial charge in [-0.1, -0.05) is 18.0 Å². The van der Waals surface area contributed by atoms with Crippen LogP contribution in [0.2, 0.25) is 5.02 Å². The fraction of sp³-hybridized carbons (Fsp3) is 0.500. The lowest BCUT2D eigenvalue weighted by molar-refractivity contribution is 0.177. The van der Waals surface area contributed by atoms with Gasteiger partial charge in [0.05, 0.1) is 5.69 Å². The molecule has 2 fully saturated rings. The number of imidazole rings is 1. The topological polar surface area (TPSA) is 58.3 Å². The van der Waals surface area contributed by atoms with Gasteiger partial charge < -0.3 is 10.2 Å². The van der Waals surface area contributed by atoms with E-state index in [1.165, 1.54) is 38.3 Å². The molecule has 2 aliphatic rings. The van der Waals surface area contributed by atoms with Gasteiger partial charge in [-0.05, 0) is 51.1 Å². The largest absolute Gasteiger partial charge is 0.342 e. The van der Waals surface area contributed by atoms with E-state index < -0.39 is 5.95 Å². The summed E-state index contributed by atoms with van der Waals surface area (Å²) in [6, 6.07) is 2.33. The van der Waals surface area contributed by atoms with Crippen LogP contribution in [0.1, 0.15) is 37.8 Å². The molecule has 0 radical (unpaired) electrons. The number of piperidine rings is 1. The fourth-order valence-electron chi connectivity index (χ4n) is 5.56. The van der Waals surface area contributed by atoms with Crippen LogP contribution in [-0.4, -0.2) is 45.5 Å². The Morgan fingerprint density at radius 3 is 2.77 bits per heavy atom. The molecule has 1 spiro atoms. The van der Waals surface area contributed by atoms with Gasteiger partial charge in [0, 0.05) is 48.8 Å². The number of halogens is 2. The normalized spacial score (nSPS) is 21.1. The molecular weight excluding hydrogens is 403 g/mol. The Morgan fingerprint density at radius 1 is 1.20 bits per heavy atom. The Bertz CT molecular complexity index is 1090. The second kappa shape index (κ2) is 7.46. The zero-order valence-electron chi connectivity index (χ0n) is 17.3. The van der Waals surface area contributed by atoms with Gasteiger partial charge in [-0.3, -0.25) is 4.40 Å². The van der Waals surface area contributed by atoms with E-state index in [1.807, 2.05) is 17.5 Å². The number of hydrogen-bond acceptors (Lipinski definition) is 5. The van der Waals surface area contributed by atoms with Crippen molar-refractivity contribution in [3.63, 3.8) is 0 Å². The fourth-order valence-corrected chi connectivity index (χ4v) is 5.77. The summed E-state index contributed by atoms with van der Waals surface area (Å²) < 4.78 is 16.0. The second-order valence-electron chi connectivity index (χ2n) is 8.54. The third kappa shape index (κ3) is 2.98. The Hall–Kier alpha value is -2.25. The lowest BCUT2D eigenvalue weighted by Crippen LogP contribution is -2.48. The first kappa shape index (κ1) is 19.7. The Kier molecular flexibility index (Phi) is 4.90. The lowest BCUT2D eigenvalue weighted by atomic mass is 9.74. The van der Waals surface area contributed by atoms with Gasteiger partial charge in [0.2, 0.25) is 11.9 Å². The average Bonchev–Trinajstić information content (AvgIpc) is 3.38. The first-order valence-electron chi connectivity index (χ1n) is 10.6. The molecule has 8 heteroatoms. The molecule has 0 aromatic carbocycles. The van der Waals surface area contributed by atoms with Crippen molar-refractivity contribution in [2.45, 2.75) is 45.1 Å². The maximum absolute atomic E-state index is 14.0. The number of fused-ring (bicyclic) bond motifs is 1. The molecule has 1 atom stereocenters. The van der Waals surface area contributed by atoms with Gasteiger partial charge in [0.25, 0.3) is 0 Å². The van der Waals surface area contributed by atoms with Crippen molar-refractivity contribution in [1.82, 2.24) is 24.7 Å². The minimum Gasteiger partial charge on any atom is -0.342 e. The molecule has 1 saturated heterocycles. The highest BCUT2D eigenvalue weighted by atomic mass is 35.5. The maximum Gasteiger partial charge on any atom is 0.232 e. The van der Waals surface area contributed by atoms with Gasteiger partial charge in [-0.2, -0.15) is 4.39 Å². The Labute approximate surface area is 180 Å². The number of aromatic nitrogens is 4.